The molecule has 1 saturated heterocycles. The number of aliphatic imine (C=N–C) groups is 1. The van der Waals surface area contributed by atoms with Crippen molar-refractivity contribution in [2.45, 2.75) is 38.8 Å². The van der Waals surface area contributed by atoms with Gasteiger partial charge >= 0.3 is 0 Å². The van der Waals surface area contributed by atoms with E-state index in [4.69, 9.17) is 9.47 Å². The topological polar surface area (TPSA) is 84.0 Å². The maximum Gasteiger partial charge on any atom is 0.239 e. The lowest BCUT2D eigenvalue weighted by Crippen LogP contribution is -2.43. The van der Waals surface area contributed by atoms with E-state index in [1.54, 1.807) is 7.05 Å². The summed E-state index contributed by atoms with van der Waals surface area (Å²) in [5, 5.41) is 9.25. The van der Waals surface area contributed by atoms with Crippen molar-refractivity contribution in [1.82, 2.24) is 16.0 Å². The summed E-state index contributed by atoms with van der Waals surface area (Å²) in [7, 11) is 1.69. The van der Waals surface area contributed by atoms with E-state index in [-0.39, 0.29) is 42.5 Å². The zero-order valence-corrected chi connectivity index (χ0v) is 21.8. The number of hydrogen-bond donors (Lipinski definition) is 3. The van der Waals surface area contributed by atoms with Gasteiger partial charge in [-0.3, -0.25) is 9.79 Å². The Kier molecular flexibility index (Phi) is 12.0. The number of nitrogens with zero attached hydrogens (tertiary/aromatic N) is 1. The SMILES string of the molecule is CN=C(NCC(=O)NCCc1ccccc1)NCc1ccc(C)cc1OCC1CCCO1.I. The molecule has 0 aromatic heterocycles. The van der Waals surface area contributed by atoms with Gasteiger partial charge in [0, 0.05) is 32.3 Å². The van der Waals surface area contributed by atoms with Crippen LogP contribution in [0.1, 0.15) is 29.5 Å². The van der Waals surface area contributed by atoms with Crippen LogP contribution in [-0.4, -0.2) is 51.3 Å². The monoisotopic (exact) mass is 566 g/mol. The summed E-state index contributed by atoms with van der Waals surface area (Å²) in [6.07, 6.45) is 3.12. The molecule has 8 heteroatoms. The normalized spacial score (nSPS) is 15.5. The fourth-order valence-electron chi connectivity index (χ4n) is 3.52. The maximum absolute atomic E-state index is 12.1. The first kappa shape index (κ1) is 26.9. The van der Waals surface area contributed by atoms with E-state index in [0.29, 0.717) is 25.7 Å². The lowest BCUT2D eigenvalue weighted by molar-refractivity contribution is -0.119. The average molecular weight is 566 g/mol. The van der Waals surface area contributed by atoms with Crippen molar-refractivity contribution >= 4 is 35.8 Å². The number of rotatable bonds is 10. The Hall–Kier alpha value is -2.33. The standard InChI is InChI=1S/C25H34N4O3.HI/c1-19-10-11-21(23(15-19)32-18-22-9-6-14-31-22)16-28-25(26-2)29-17-24(30)27-13-12-20-7-4-3-5-8-20;/h3-5,7-8,10-11,15,22H,6,9,12-14,16-18H2,1-2H3,(H,27,30)(H2,26,28,29);1H. The number of aryl methyl sites for hydroxylation is 1. The minimum absolute atomic E-state index is 0. The number of ether oxygens (including phenoxy) is 2. The molecule has 3 rings (SSSR count). The molecule has 2 aromatic rings. The largest absolute Gasteiger partial charge is 0.491 e. The molecule has 0 spiro atoms. The van der Waals surface area contributed by atoms with E-state index in [1.165, 1.54) is 5.56 Å². The number of hydrogen-bond acceptors (Lipinski definition) is 4. The number of carbonyl (C=O) groups excluding carboxylic acids is 1. The molecular formula is C25H35IN4O3. The second-order valence-electron chi connectivity index (χ2n) is 7.92. The molecule has 1 aliphatic rings. The first-order valence-corrected chi connectivity index (χ1v) is 11.2. The highest BCUT2D eigenvalue weighted by molar-refractivity contribution is 14.0. The van der Waals surface area contributed by atoms with Crippen molar-refractivity contribution < 1.29 is 14.3 Å². The van der Waals surface area contributed by atoms with E-state index in [9.17, 15) is 4.79 Å². The highest BCUT2D eigenvalue weighted by atomic mass is 127. The Bertz CT molecular complexity index is 886. The minimum atomic E-state index is -0.0696. The van der Waals surface area contributed by atoms with Crippen LogP contribution in [0.4, 0.5) is 0 Å². The van der Waals surface area contributed by atoms with Crippen LogP contribution in [-0.2, 0) is 22.5 Å². The Morgan fingerprint density at radius 3 is 2.70 bits per heavy atom. The first-order valence-electron chi connectivity index (χ1n) is 11.2. The number of benzene rings is 2. The highest BCUT2D eigenvalue weighted by Gasteiger charge is 2.17. The molecular weight excluding hydrogens is 531 g/mol. The molecule has 2 aromatic carbocycles. The van der Waals surface area contributed by atoms with Gasteiger partial charge in [-0.1, -0.05) is 42.5 Å². The van der Waals surface area contributed by atoms with Crippen molar-refractivity contribution in [2.75, 3.05) is 33.4 Å². The van der Waals surface area contributed by atoms with Gasteiger partial charge in [0.05, 0.1) is 12.6 Å². The van der Waals surface area contributed by atoms with E-state index in [0.717, 1.165) is 42.7 Å². The molecule has 1 unspecified atom stereocenters. The third-order valence-electron chi connectivity index (χ3n) is 5.34. The molecule has 1 amide bonds. The van der Waals surface area contributed by atoms with Gasteiger partial charge in [0.15, 0.2) is 5.96 Å². The lowest BCUT2D eigenvalue weighted by Gasteiger charge is -2.17. The van der Waals surface area contributed by atoms with Crippen molar-refractivity contribution in [2.24, 2.45) is 4.99 Å². The Balaban J connectivity index is 0.00000385. The molecule has 1 atom stereocenters. The zero-order chi connectivity index (χ0) is 22.6. The van der Waals surface area contributed by atoms with E-state index in [2.05, 4.69) is 45.2 Å². The predicted molar refractivity (Wildman–Crippen MR) is 142 cm³/mol. The summed E-state index contributed by atoms with van der Waals surface area (Å²) in [5.74, 6) is 1.34. The van der Waals surface area contributed by atoms with E-state index >= 15 is 0 Å². The molecule has 7 nitrogen and oxygen atoms in total. The molecule has 1 fully saturated rings. The quantitative estimate of drug-likeness (QED) is 0.234. The zero-order valence-electron chi connectivity index (χ0n) is 19.4. The summed E-state index contributed by atoms with van der Waals surface area (Å²) in [5.41, 5.74) is 3.38. The van der Waals surface area contributed by atoms with Crippen LogP contribution in [0.3, 0.4) is 0 Å². The average Bonchev–Trinajstić information content (AvgIpc) is 3.33. The van der Waals surface area contributed by atoms with Crippen LogP contribution >= 0.6 is 24.0 Å². The molecule has 0 saturated carbocycles. The molecule has 33 heavy (non-hydrogen) atoms. The Morgan fingerprint density at radius 2 is 1.97 bits per heavy atom. The van der Waals surface area contributed by atoms with Gasteiger partial charge in [0.2, 0.25) is 5.91 Å². The van der Waals surface area contributed by atoms with Gasteiger partial charge < -0.3 is 25.4 Å². The lowest BCUT2D eigenvalue weighted by atomic mass is 10.1. The summed E-state index contributed by atoms with van der Waals surface area (Å²) in [4.78, 5) is 16.4. The van der Waals surface area contributed by atoms with Crippen LogP contribution < -0.4 is 20.7 Å². The summed E-state index contributed by atoms with van der Waals surface area (Å²) in [6, 6.07) is 16.3. The van der Waals surface area contributed by atoms with Crippen molar-refractivity contribution in [3.05, 3.63) is 65.2 Å². The van der Waals surface area contributed by atoms with Crippen molar-refractivity contribution in [1.29, 1.82) is 0 Å². The Labute approximate surface area is 213 Å². The third-order valence-corrected chi connectivity index (χ3v) is 5.34. The number of nitrogens with one attached hydrogen (secondary N) is 3. The minimum Gasteiger partial charge on any atom is -0.491 e. The molecule has 1 aliphatic heterocycles. The van der Waals surface area contributed by atoms with Crippen LogP contribution in [0, 0.1) is 6.92 Å². The number of guanidine groups is 1. The molecule has 0 radical (unpaired) electrons. The fourth-order valence-corrected chi connectivity index (χ4v) is 3.52. The number of carbonyl (C=O) groups is 1. The van der Waals surface area contributed by atoms with Crippen LogP contribution in [0.5, 0.6) is 5.75 Å². The van der Waals surface area contributed by atoms with Gasteiger partial charge in [0.25, 0.3) is 0 Å². The number of halogens is 1. The predicted octanol–water partition coefficient (Wildman–Crippen LogP) is 3.19. The highest BCUT2D eigenvalue weighted by Crippen LogP contribution is 2.22. The van der Waals surface area contributed by atoms with E-state index in [1.807, 2.05) is 31.2 Å². The van der Waals surface area contributed by atoms with Crippen molar-refractivity contribution in [3.8, 4) is 5.75 Å². The number of amides is 1. The van der Waals surface area contributed by atoms with Crippen LogP contribution in [0.25, 0.3) is 0 Å². The Morgan fingerprint density at radius 1 is 1.15 bits per heavy atom. The second-order valence-corrected chi connectivity index (χ2v) is 7.92. The van der Waals surface area contributed by atoms with Gasteiger partial charge in [0.1, 0.15) is 12.4 Å². The van der Waals surface area contributed by atoms with E-state index < -0.39 is 0 Å². The third kappa shape index (κ3) is 9.59. The van der Waals surface area contributed by atoms with Gasteiger partial charge in [-0.25, -0.2) is 0 Å². The summed E-state index contributed by atoms with van der Waals surface area (Å²) in [6.45, 7) is 4.73. The van der Waals surface area contributed by atoms with Crippen LogP contribution in [0.2, 0.25) is 0 Å². The smallest absolute Gasteiger partial charge is 0.239 e. The molecule has 0 aliphatic carbocycles. The first-order chi connectivity index (χ1) is 15.6. The maximum atomic E-state index is 12.1. The molecule has 0 bridgehead atoms. The summed E-state index contributed by atoms with van der Waals surface area (Å²) < 4.78 is 11.7. The van der Waals surface area contributed by atoms with Gasteiger partial charge in [-0.15, -0.1) is 24.0 Å². The molecule has 1 heterocycles. The fraction of sp³-hybridized carbons (Fsp3) is 0.440. The van der Waals surface area contributed by atoms with Crippen molar-refractivity contribution in [3.63, 3.8) is 0 Å². The second kappa shape index (κ2) is 14.7. The summed E-state index contributed by atoms with van der Waals surface area (Å²) >= 11 is 0. The molecule has 180 valence electrons. The van der Waals surface area contributed by atoms with Gasteiger partial charge in [-0.05, 0) is 43.4 Å². The van der Waals surface area contributed by atoms with Crippen LogP contribution in [0.15, 0.2) is 53.5 Å². The van der Waals surface area contributed by atoms with Gasteiger partial charge in [-0.2, -0.15) is 0 Å². The molecule has 3 N–H and O–H groups in total.